The van der Waals surface area contributed by atoms with E-state index in [1.807, 2.05) is 37.3 Å². The monoisotopic (exact) mass is 365 g/mol. The first kappa shape index (κ1) is 16.1. The summed E-state index contributed by atoms with van der Waals surface area (Å²) in [4.78, 5) is 42.2. The number of thiazole rings is 1. The largest absolute Gasteiger partial charge is 0.283 e. The number of hydrogen-bond donors (Lipinski definition) is 0. The molecule has 0 spiro atoms. The van der Waals surface area contributed by atoms with Crippen molar-refractivity contribution in [3.63, 3.8) is 0 Å². The van der Waals surface area contributed by atoms with Crippen LogP contribution in [0.5, 0.6) is 0 Å². The van der Waals surface area contributed by atoms with Crippen molar-refractivity contribution in [3.8, 4) is 11.3 Å². The van der Waals surface area contributed by atoms with Gasteiger partial charge in [-0.2, -0.15) is 0 Å². The quantitative estimate of drug-likeness (QED) is 0.399. The van der Waals surface area contributed by atoms with Crippen molar-refractivity contribution in [1.82, 2.24) is 4.98 Å². The number of nitro groups is 1. The molecule has 3 aromatic rings. The molecule has 0 radical (unpaired) electrons. The third-order valence-corrected chi connectivity index (χ3v) is 5.07. The maximum absolute atomic E-state index is 12.8. The van der Waals surface area contributed by atoms with Crippen molar-refractivity contribution in [3.05, 3.63) is 74.6 Å². The van der Waals surface area contributed by atoms with E-state index in [-0.39, 0.29) is 21.9 Å². The SMILES string of the molecule is Cc1sc(N2C(=O)c3cccc([N+](=O)[O-])c3C2=O)nc1-c1ccccc1. The molecule has 0 saturated heterocycles. The summed E-state index contributed by atoms with van der Waals surface area (Å²) in [5, 5.41) is 11.4. The number of nitrogens with zero attached hydrogens (tertiary/aromatic N) is 3. The molecule has 0 unspecified atom stereocenters. The van der Waals surface area contributed by atoms with E-state index in [2.05, 4.69) is 4.98 Å². The van der Waals surface area contributed by atoms with Crippen molar-refractivity contribution < 1.29 is 14.5 Å². The van der Waals surface area contributed by atoms with Crippen LogP contribution in [0.2, 0.25) is 0 Å². The fourth-order valence-corrected chi connectivity index (χ4v) is 3.86. The van der Waals surface area contributed by atoms with Crippen molar-refractivity contribution in [2.45, 2.75) is 6.92 Å². The molecule has 8 heteroatoms. The summed E-state index contributed by atoms with van der Waals surface area (Å²) in [6.45, 7) is 1.85. The van der Waals surface area contributed by atoms with Gasteiger partial charge in [-0.1, -0.05) is 36.4 Å². The van der Waals surface area contributed by atoms with Crippen molar-refractivity contribution in [1.29, 1.82) is 0 Å². The lowest BCUT2D eigenvalue weighted by atomic mass is 10.1. The summed E-state index contributed by atoms with van der Waals surface area (Å²) < 4.78 is 0. The number of carbonyl (C=O) groups is 2. The number of nitro benzene ring substituents is 1. The fourth-order valence-electron chi connectivity index (χ4n) is 2.94. The summed E-state index contributed by atoms with van der Waals surface area (Å²) in [6.07, 6.45) is 0. The van der Waals surface area contributed by atoms with Gasteiger partial charge in [0.25, 0.3) is 17.5 Å². The van der Waals surface area contributed by atoms with Crippen LogP contribution in [0, 0.1) is 17.0 Å². The van der Waals surface area contributed by atoms with Gasteiger partial charge in [0.05, 0.1) is 16.2 Å². The van der Waals surface area contributed by atoms with Gasteiger partial charge in [-0.05, 0) is 13.0 Å². The number of aromatic nitrogens is 1. The Hall–Kier alpha value is -3.39. The molecule has 0 bridgehead atoms. The molecule has 0 saturated carbocycles. The first-order valence-corrected chi connectivity index (χ1v) is 8.49. The van der Waals surface area contributed by atoms with Crippen LogP contribution < -0.4 is 4.90 Å². The number of benzene rings is 2. The van der Waals surface area contributed by atoms with Crippen molar-refractivity contribution >= 4 is 34.0 Å². The van der Waals surface area contributed by atoms with Crippen molar-refractivity contribution in [2.75, 3.05) is 4.90 Å². The second-order valence-electron chi connectivity index (χ2n) is 5.67. The minimum Gasteiger partial charge on any atom is -0.268 e. The van der Waals surface area contributed by atoms with E-state index >= 15 is 0 Å². The third kappa shape index (κ3) is 2.31. The average molecular weight is 365 g/mol. The lowest BCUT2D eigenvalue weighted by Gasteiger charge is -2.08. The summed E-state index contributed by atoms with van der Waals surface area (Å²) in [5.41, 5.74) is 1.02. The Morgan fingerprint density at radius 3 is 2.46 bits per heavy atom. The molecule has 0 aliphatic carbocycles. The Bertz CT molecular complexity index is 1080. The van der Waals surface area contributed by atoms with Crippen LogP contribution in [0.3, 0.4) is 0 Å². The normalized spacial score (nSPS) is 13.2. The second-order valence-corrected chi connectivity index (χ2v) is 6.85. The molecular weight excluding hydrogens is 354 g/mol. The van der Waals surface area contributed by atoms with Gasteiger partial charge in [-0.25, -0.2) is 9.88 Å². The zero-order chi connectivity index (χ0) is 18.4. The summed E-state index contributed by atoms with van der Waals surface area (Å²) in [6, 6.07) is 13.4. The van der Waals surface area contributed by atoms with Gasteiger partial charge in [0.15, 0.2) is 5.13 Å². The Morgan fingerprint density at radius 2 is 1.77 bits per heavy atom. The minimum atomic E-state index is -0.717. The first-order valence-electron chi connectivity index (χ1n) is 7.68. The van der Waals surface area contributed by atoms with Crippen LogP contribution in [-0.2, 0) is 0 Å². The Kier molecular flexibility index (Phi) is 3.62. The summed E-state index contributed by atoms with van der Waals surface area (Å²) in [5.74, 6) is -1.31. The van der Waals surface area contributed by atoms with E-state index in [0.717, 1.165) is 15.3 Å². The Balaban J connectivity index is 1.81. The number of anilines is 1. The maximum atomic E-state index is 12.8. The highest BCUT2D eigenvalue weighted by Gasteiger charge is 2.43. The molecular formula is C18H11N3O4S. The lowest BCUT2D eigenvalue weighted by Crippen LogP contribution is -2.29. The van der Waals surface area contributed by atoms with Crippen LogP contribution in [0.1, 0.15) is 25.6 Å². The van der Waals surface area contributed by atoms with Crippen LogP contribution >= 0.6 is 11.3 Å². The summed E-state index contributed by atoms with van der Waals surface area (Å²) >= 11 is 1.20. The van der Waals surface area contributed by atoms with E-state index in [1.54, 1.807) is 0 Å². The Labute approximate surface area is 151 Å². The highest BCUT2D eigenvalue weighted by Crippen LogP contribution is 2.38. The molecule has 7 nitrogen and oxygen atoms in total. The fraction of sp³-hybridized carbons (Fsp3) is 0.0556. The molecule has 26 heavy (non-hydrogen) atoms. The van der Waals surface area contributed by atoms with Gasteiger partial charge < -0.3 is 0 Å². The molecule has 1 aromatic heterocycles. The molecule has 4 rings (SSSR count). The van der Waals surface area contributed by atoms with Gasteiger partial charge in [0.1, 0.15) is 5.56 Å². The number of aryl methyl sites for hydroxylation is 1. The predicted octanol–water partition coefficient (Wildman–Crippen LogP) is 3.83. The van der Waals surface area contributed by atoms with Crippen LogP contribution in [0.15, 0.2) is 48.5 Å². The van der Waals surface area contributed by atoms with E-state index in [0.29, 0.717) is 5.69 Å². The van der Waals surface area contributed by atoms with Crippen LogP contribution in [0.4, 0.5) is 10.8 Å². The highest BCUT2D eigenvalue weighted by atomic mass is 32.1. The van der Waals surface area contributed by atoms with Gasteiger partial charge >= 0.3 is 0 Å². The zero-order valence-electron chi connectivity index (χ0n) is 13.5. The first-order chi connectivity index (χ1) is 12.5. The molecule has 2 heterocycles. The number of hydrogen-bond acceptors (Lipinski definition) is 6. The number of imide groups is 1. The standard InChI is InChI=1S/C18H11N3O4S/c1-10-15(11-6-3-2-4-7-11)19-18(26-10)20-16(22)12-8-5-9-13(21(24)25)14(12)17(20)23/h2-9H,1H3. The summed E-state index contributed by atoms with van der Waals surface area (Å²) in [7, 11) is 0. The molecule has 2 amide bonds. The molecule has 1 aliphatic rings. The molecule has 128 valence electrons. The smallest absolute Gasteiger partial charge is 0.268 e. The molecule has 0 N–H and O–H groups in total. The molecule has 2 aromatic carbocycles. The Morgan fingerprint density at radius 1 is 1.04 bits per heavy atom. The van der Waals surface area contributed by atoms with Crippen molar-refractivity contribution in [2.24, 2.45) is 0 Å². The molecule has 1 aliphatic heterocycles. The van der Waals surface area contributed by atoms with E-state index in [9.17, 15) is 19.7 Å². The number of amides is 2. The minimum absolute atomic E-state index is 0.0262. The number of rotatable bonds is 3. The van der Waals surface area contributed by atoms with Crippen LogP contribution in [0.25, 0.3) is 11.3 Å². The van der Waals surface area contributed by atoms with E-state index in [1.165, 1.54) is 29.5 Å². The van der Waals surface area contributed by atoms with Gasteiger partial charge in [-0.3, -0.25) is 19.7 Å². The average Bonchev–Trinajstić information content (AvgIpc) is 3.13. The lowest BCUT2D eigenvalue weighted by molar-refractivity contribution is -0.385. The van der Waals surface area contributed by atoms with E-state index < -0.39 is 16.7 Å². The predicted molar refractivity (Wildman–Crippen MR) is 96.5 cm³/mol. The van der Waals surface area contributed by atoms with Crippen LogP contribution in [-0.4, -0.2) is 21.7 Å². The van der Waals surface area contributed by atoms with E-state index in [4.69, 9.17) is 0 Å². The van der Waals surface area contributed by atoms with Gasteiger partial charge in [-0.15, -0.1) is 11.3 Å². The highest BCUT2D eigenvalue weighted by molar-refractivity contribution is 7.16. The zero-order valence-corrected chi connectivity index (χ0v) is 14.3. The number of carbonyl (C=O) groups excluding carboxylic acids is 2. The maximum Gasteiger partial charge on any atom is 0.283 e. The third-order valence-electron chi connectivity index (χ3n) is 4.11. The van der Waals surface area contributed by atoms with Gasteiger partial charge in [0.2, 0.25) is 0 Å². The molecule has 0 fully saturated rings. The molecule has 0 atom stereocenters. The topological polar surface area (TPSA) is 93.4 Å². The van der Waals surface area contributed by atoms with Gasteiger partial charge in [0, 0.05) is 16.5 Å². The second kappa shape index (κ2) is 5.85. The number of fused-ring (bicyclic) bond motifs is 1.